The van der Waals surface area contributed by atoms with Crippen molar-refractivity contribution in [2.45, 2.75) is 22.3 Å². The molecule has 0 aromatic rings. The summed E-state index contributed by atoms with van der Waals surface area (Å²) >= 11 is 17.0. The molecular weight excluding hydrogens is 1160 g/mol. The fourth-order valence-corrected chi connectivity index (χ4v) is 8.80. The molecule has 0 spiro atoms. The third-order valence-corrected chi connectivity index (χ3v) is 17.0. The van der Waals surface area contributed by atoms with Crippen molar-refractivity contribution in [1.29, 1.82) is 0 Å². The Hall–Kier alpha value is 4.85. The maximum atomic E-state index is 10.2. The molecule has 43 heteroatoms. The van der Waals surface area contributed by atoms with Gasteiger partial charge in [0, 0.05) is 0 Å². The summed E-state index contributed by atoms with van der Waals surface area (Å²) in [6, 6.07) is 0. The van der Waals surface area contributed by atoms with Crippen LogP contribution in [0.1, 0.15) is 0 Å². The molecule has 0 aromatic carbocycles. The van der Waals surface area contributed by atoms with Gasteiger partial charge in [0.2, 0.25) is 0 Å². The van der Waals surface area contributed by atoms with Crippen molar-refractivity contribution in [2.24, 2.45) is 0 Å². The molecule has 47 heavy (non-hydrogen) atoms. The van der Waals surface area contributed by atoms with Crippen LogP contribution in [-0.2, 0) is 131 Å². The Morgan fingerprint density at radius 3 is 0.447 bits per heavy atom. The van der Waals surface area contributed by atoms with E-state index in [2.05, 4.69) is 63.8 Å². The topological polar surface area (TPSA) is 531 Å². The molecule has 8 atom stereocenters. The van der Waals surface area contributed by atoms with Crippen LogP contribution in [-0.4, -0.2) is 42.8 Å². The van der Waals surface area contributed by atoms with Gasteiger partial charge in [-0.05, 0) is 30.4 Å². The van der Waals surface area contributed by atoms with Gasteiger partial charge in [-0.25, -0.2) is 16.3 Å². The number of hydrogen-bond donors (Lipinski definition) is 4. The van der Waals surface area contributed by atoms with E-state index in [-0.39, 0.29) is 78.6 Å². The SMILES string of the molecule is O=P([O-])([O-])C(O)P(=O)([O-])OCl.O=P([O-])([O-])C(O)P(=O)([O-])OCl.O=P([O-])([O-])C(O)P(=O)([O-])OCl.O=P([O-])([O-])C(O)P(=O)([O-])OCl.[Zr+4].[Zr+4].[Zr+4]. The second kappa shape index (κ2) is 26.7. The van der Waals surface area contributed by atoms with Crippen LogP contribution in [0.3, 0.4) is 0 Å². The van der Waals surface area contributed by atoms with Gasteiger partial charge in [-0.15, -0.1) is 0 Å². The van der Waals surface area contributed by atoms with Crippen LogP contribution in [0.15, 0.2) is 0 Å². The Labute approximate surface area is 337 Å². The standard InChI is InChI=1S/4CH5ClO7P2.3Zr/c4*2-9-11(7,8)1(3)10(4,5)6;;;/h4*1,3H,(H,7,8)(H2,4,5,6);;;/q;;;;3*+4/p-12. The van der Waals surface area contributed by atoms with Crippen LogP contribution < -0.4 is 58.7 Å². The average molecular weight is 1170 g/mol. The van der Waals surface area contributed by atoms with E-state index < -0.39 is 83.1 Å². The summed E-state index contributed by atoms with van der Waals surface area (Å²) < 4.78 is 92.5. The van der Waals surface area contributed by atoms with Gasteiger partial charge in [-0.1, -0.05) is 0 Å². The summed E-state index contributed by atoms with van der Waals surface area (Å²) in [5, 5.41) is 33.0. The van der Waals surface area contributed by atoms with E-state index in [1.165, 1.54) is 0 Å². The van der Waals surface area contributed by atoms with Crippen molar-refractivity contribution in [3.05, 3.63) is 0 Å². The van der Waals surface area contributed by atoms with E-state index in [4.69, 9.17) is 20.4 Å². The number of rotatable bonds is 12. The van der Waals surface area contributed by atoms with Crippen molar-refractivity contribution >= 4 is 108 Å². The summed E-state index contributed by atoms with van der Waals surface area (Å²) in [4.78, 5) is 120. The van der Waals surface area contributed by atoms with Crippen LogP contribution in [0, 0.1) is 0 Å². The van der Waals surface area contributed by atoms with E-state index in [9.17, 15) is 95.2 Å². The first kappa shape index (κ1) is 66.7. The molecule has 8 unspecified atom stereocenters. The fraction of sp³-hybridized carbons (Fsp3) is 1.00. The third kappa shape index (κ3) is 28.9. The first-order valence-corrected chi connectivity index (χ1v) is 22.2. The molecule has 0 heterocycles. The number of hydrogen-bond acceptors (Lipinski definition) is 28. The average Bonchev–Trinajstić information content (AvgIpc) is 2.85. The van der Waals surface area contributed by atoms with Crippen LogP contribution >= 0.6 is 108 Å². The smallest absolute Gasteiger partial charge is 0.809 e. The Balaban J connectivity index is -0.0000000889. The molecular formula is C4H8Cl4O28P8Zr3. The van der Waals surface area contributed by atoms with Crippen molar-refractivity contribution in [3.8, 4) is 0 Å². The van der Waals surface area contributed by atoms with Gasteiger partial charge in [0.25, 0.3) is 0 Å². The normalized spacial score (nSPS) is 19.5. The first-order valence-electron chi connectivity index (χ1n) is 8.10. The number of aliphatic hydroxyl groups excluding tert-OH is 4. The molecule has 0 saturated carbocycles. The van der Waals surface area contributed by atoms with E-state index in [0.717, 1.165) is 0 Å². The van der Waals surface area contributed by atoms with Crippen molar-refractivity contribution in [2.75, 3.05) is 0 Å². The van der Waals surface area contributed by atoms with Gasteiger partial charge in [0.15, 0.2) is 30.4 Å². The Bertz CT molecular complexity index is 1080. The number of halogens is 4. The first-order chi connectivity index (χ1) is 18.9. The minimum atomic E-state index is -5.62. The second-order valence-electron chi connectivity index (χ2n) is 5.98. The van der Waals surface area contributed by atoms with Gasteiger partial charge < -0.3 is 116 Å². The minimum Gasteiger partial charge on any atom is -0.809 e. The van der Waals surface area contributed by atoms with Gasteiger partial charge in [-0.3, -0.25) is 0 Å². The molecule has 0 aliphatic rings. The molecule has 0 rings (SSSR count). The summed E-state index contributed by atoms with van der Waals surface area (Å²) in [6.07, 6.45) is 0. The Morgan fingerprint density at radius 2 is 0.426 bits per heavy atom. The van der Waals surface area contributed by atoms with Crippen molar-refractivity contribution in [1.82, 2.24) is 0 Å². The van der Waals surface area contributed by atoms with Gasteiger partial charge in [0.1, 0.15) is 22.3 Å². The van der Waals surface area contributed by atoms with Gasteiger partial charge in [-0.2, -0.15) is 0 Å². The maximum Gasteiger partial charge on any atom is 4.00 e. The molecule has 28 nitrogen and oxygen atoms in total. The molecule has 272 valence electrons. The van der Waals surface area contributed by atoms with Crippen LogP contribution in [0.4, 0.5) is 0 Å². The molecule has 4 N–H and O–H groups in total. The van der Waals surface area contributed by atoms with Crippen LogP contribution in [0.2, 0.25) is 0 Å². The largest absolute Gasteiger partial charge is 4.00 e. The molecule has 0 amide bonds. The summed E-state index contributed by atoms with van der Waals surface area (Å²) in [6.45, 7) is 0. The van der Waals surface area contributed by atoms with E-state index in [1.54, 1.807) is 0 Å². The van der Waals surface area contributed by atoms with E-state index in [0.29, 0.717) is 0 Å². The zero-order valence-corrected chi connectivity index (χ0v) is 38.0. The Kier molecular flexibility index (Phi) is 37.8. The molecule has 0 radical (unpaired) electrons. The number of aliphatic hydroxyl groups is 4. The van der Waals surface area contributed by atoms with Crippen molar-refractivity contribution < 1.29 is 211 Å². The second-order valence-corrected chi connectivity index (χ2v) is 22.4. The van der Waals surface area contributed by atoms with Gasteiger partial charge >= 0.3 is 78.6 Å². The third-order valence-electron chi connectivity index (χ3n) is 2.65. The summed E-state index contributed by atoms with van der Waals surface area (Å²) in [7, 11) is -43.3. The van der Waals surface area contributed by atoms with Gasteiger partial charge in [0.05, 0.1) is 47.5 Å². The maximum absolute atomic E-state index is 10.2. The van der Waals surface area contributed by atoms with Crippen LogP contribution in [0.5, 0.6) is 0 Å². The molecule has 0 aromatic heterocycles. The fourth-order valence-electron chi connectivity index (χ4n) is 0.835. The zero-order valence-electron chi connectivity index (χ0n) is 20.5. The molecule has 0 saturated heterocycles. The van der Waals surface area contributed by atoms with E-state index >= 15 is 0 Å². The zero-order chi connectivity index (χ0) is 37.1. The van der Waals surface area contributed by atoms with Crippen molar-refractivity contribution in [3.63, 3.8) is 0 Å². The molecule has 0 aliphatic carbocycles. The summed E-state index contributed by atoms with van der Waals surface area (Å²) in [5.74, 6) is 0. The minimum absolute atomic E-state index is 0. The molecule has 0 fully saturated rings. The van der Waals surface area contributed by atoms with E-state index in [1.807, 2.05) is 0 Å². The monoisotopic (exact) mass is 1160 g/mol. The predicted molar refractivity (Wildman–Crippen MR) is 113 cm³/mol. The quantitative estimate of drug-likeness (QED) is 0.132. The summed E-state index contributed by atoms with van der Waals surface area (Å²) in [5.41, 5.74) is -12.5. The molecule has 0 bridgehead atoms. The van der Waals surface area contributed by atoms with Crippen LogP contribution in [0.25, 0.3) is 0 Å². The predicted octanol–water partition coefficient (Wildman–Crippen LogP) is -8.41. The Morgan fingerprint density at radius 1 is 0.340 bits per heavy atom. The molecule has 0 aliphatic heterocycles.